The molecule has 0 aromatic carbocycles. The first-order valence-electron chi connectivity index (χ1n) is 7.24. The molecule has 0 aliphatic carbocycles. The van der Waals surface area contributed by atoms with Crippen molar-refractivity contribution >= 4 is 15.6 Å². The van der Waals surface area contributed by atoms with Gasteiger partial charge in [0, 0.05) is 17.6 Å². The van der Waals surface area contributed by atoms with E-state index in [-0.39, 0.29) is 22.7 Å². The van der Waals surface area contributed by atoms with Gasteiger partial charge in [-0.1, -0.05) is 20.8 Å². The van der Waals surface area contributed by atoms with Gasteiger partial charge in [0.15, 0.2) is 0 Å². The second-order valence-electron chi connectivity index (χ2n) is 6.03. The van der Waals surface area contributed by atoms with Gasteiger partial charge in [0.2, 0.25) is 0 Å². The monoisotopic (exact) mass is 289 g/mol. The highest BCUT2D eigenvalue weighted by atomic mass is 32.2. The first-order valence-corrected chi connectivity index (χ1v) is 9.06. The van der Waals surface area contributed by atoms with Crippen LogP contribution < -0.4 is 5.32 Å². The summed E-state index contributed by atoms with van der Waals surface area (Å²) in [5, 5.41) is 3.34. The van der Waals surface area contributed by atoms with E-state index >= 15 is 0 Å². The van der Waals surface area contributed by atoms with Crippen molar-refractivity contribution in [2.24, 2.45) is 11.3 Å². The number of carbonyl (C=O) groups excluding carboxylic acids is 1. The van der Waals surface area contributed by atoms with Crippen LogP contribution in [0, 0.1) is 11.3 Å². The molecule has 0 aromatic rings. The molecule has 0 amide bonds. The van der Waals surface area contributed by atoms with E-state index in [1.54, 1.807) is 6.92 Å². The fourth-order valence-electron chi connectivity index (χ4n) is 2.61. The van der Waals surface area contributed by atoms with Gasteiger partial charge >= 0.3 is 0 Å². The van der Waals surface area contributed by atoms with Gasteiger partial charge in [-0.2, -0.15) is 0 Å². The number of carbonyl (C=O) groups is 1. The zero-order chi connectivity index (χ0) is 14.5. The number of nitrogens with one attached hydrogen (secondary N) is 1. The molecule has 0 aromatic heterocycles. The minimum atomic E-state index is -2.95. The molecule has 1 fully saturated rings. The number of Topliss-reactive ketones (excluding diaryl/α,β-unsaturated/α-hetero) is 1. The lowest BCUT2D eigenvalue weighted by Gasteiger charge is -2.36. The van der Waals surface area contributed by atoms with E-state index in [1.165, 1.54) is 0 Å². The Bertz CT molecular complexity index is 395. The summed E-state index contributed by atoms with van der Waals surface area (Å²) >= 11 is 0. The van der Waals surface area contributed by atoms with Crippen LogP contribution in [0.25, 0.3) is 0 Å². The van der Waals surface area contributed by atoms with Gasteiger partial charge in [0.05, 0.1) is 5.75 Å². The van der Waals surface area contributed by atoms with Crippen molar-refractivity contribution in [3.63, 3.8) is 0 Å². The summed E-state index contributed by atoms with van der Waals surface area (Å²) in [7, 11) is -2.95. The Kier molecular flexibility index (Phi) is 5.99. The van der Waals surface area contributed by atoms with Gasteiger partial charge in [0.25, 0.3) is 0 Å². The van der Waals surface area contributed by atoms with E-state index in [4.69, 9.17) is 0 Å². The van der Waals surface area contributed by atoms with Gasteiger partial charge in [-0.3, -0.25) is 4.79 Å². The van der Waals surface area contributed by atoms with Crippen LogP contribution in [-0.4, -0.2) is 38.8 Å². The van der Waals surface area contributed by atoms with Gasteiger partial charge in [-0.15, -0.1) is 0 Å². The maximum Gasteiger partial charge on any atom is 0.150 e. The third kappa shape index (κ3) is 4.88. The Balaban J connectivity index is 2.47. The van der Waals surface area contributed by atoms with Crippen LogP contribution in [0.5, 0.6) is 0 Å². The molecular weight excluding hydrogens is 262 g/mol. The lowest BCUT2D eigenvalue weighted by atomic mass is 9.71. The predicted molar refractivity (Wildman–Crippen MR) is 77.9 cm³/mol. The fourth-order valence-corrected chi connectivity index (χ4v) is 3.49. The number of hydrogen-bond acceptors (Lipinski definition) is 4. The van der Waals surface area contributed by atoms with Crippen LogP contribution >= 0.6 is 0 Å². The quantitative estimate of drug-likeness (QED) is 0.776. The van der Waals surface area contributed by atoms with Crippen LogP contribution in [0.15, 0.2) is 0 Å². The van der Waals surface area contributed by atoms with E-state index in [9.17, 15) is 13.2 Å². The fraction of sp³-hybridized carbons (Fsp3) is 0.929. The van der Waals surface area contributed by atoms with Crippen molar-refractivity contribution in [1.82, 2.24) is 5.32 Å². The van der Waals surface area contributed by atoms with Gasteiger partial charge in [-0.05, 0) is 38.3 Å². The maximum absolute atomic E-state index is 12.3. The topological polar surface area (TPSA) is 63.2 Å². The van der Waals surface area contributed by atoms with Crippen LogP contribution in [0.2, 0.25) is 0 Å². The van der Waals surface area contributed by atoms with Crippen LogP contribution in [0.3, 0.4) is 0 Å². The van der Waals surface area contributed by atoms with Gasteiger partial charge in [0.1, 0.15) is 15.6 Å². The molecule has 1 saturated heterocycles. The summed E-state index contributed by atoms with van der Waals surface area (Å²) in [5.41, 5.74) is -0.344. The molecule has 4 nitrogen and oxygen atoms in total. The van der Waals surface area contributed by atoms with Crippen LogP contribution in [-0.2, 0) is 14.6 Å². The first kappa shape index (κ1) is 16.6. The average Bonchev–Trinajstić information content (AvgIpc) is 2.39. The Morgan fingerprint density at radius 1 is 1.37 bits per heavy atom. The van der Waals surface area contributed by atoms with Crippen LogP contribution in [0.4, 0.5) is 0 Å². The third-order valence-electron chi connectivity index (χ3n) is 4.34. The highest BCUT2D eigenvalue weighted by Crippen LogP contribution is 2.33. The molecule has 1 aliphatic heterocycles. The standard InChI is InChI=1S/C14H27NO3S/c1-4-19(17,18)10-6-8-13(16)14(2,3)12-7-5-9-15-11-12/h12,15H,4-11H2,1-3H3. The molecule has 19 heavy (non-hydrogen) atoms. The highest BCUT2D eigenvalue weighted by Gasteiger charge is 2.36. The number of piperidine rings is 1. The molecule has 0 saturated carbocycles. The van der Waals surface area contributed by atoms with Crippen molar-refractivity contribution in [3.05, 3.63) is 0 Å². The Morgan fingerprint density at radius 3 is 2.58 bits per heavy atom. The van der Waals surface area contributed by atoms with Crippen molar-refractivity contribution < 1.29 is 13.2 Å². The van der Waals surface area contributed by atoms with Gasteiger partial charge < -0.3 is 5.32 Å². The summed E-state index contributed by atoms with van der Waals surface area (Å²) < 4.78 is 22.8. The second-order valence-corrected chi connectivity index (χ2v) is 8.50. The summed E-state index contributed by atoms with van der Waals surface area (Å²) in [6, 6.07) is 0. The SMILES string of the molecule is CCS(=O)(=O)CCCC(=O)C(C)(C)C1CCCNC1. The highest BCUT2D eigenvalue weighted by molar-refractivity contribution is 7.91. The summed E-state index contributed by atoms with van der Waals surface area (Å²) in [6.45, 7) is 7.58. The van der Waals surface area contributed by atoms with E-state index in [0.717, 1.165) is 25.9 Å². The number of rotatable bonds is 7. The molecular formula is C14H27NO3S. The minimum absolute atomic E-state index is 0.133. The summed E-state index contributed by atoms with van der Waals surface area (Å²) in [5.74, 6) is 0.870. The number of sulfone groups is 1. The Hall–Kier alpha value is -0.420. The summed E-state index contributed by atoms with van der Waals surface area (Å²) in [6.07, 6.45) is 3.03. The third-order valence-corrected chi connectivity index (χ3v) is 6.13. The largest absolute Gasteiger partial charge is 0.316 e. The number of ketones is 1. The van der Waals surface area contributed by atoms with E-state index < -0.39 is 9.84 Å². The van der Waals surface area contributed by atoms with E-state index in [2.05, 4.69) is 5.32 Å². The average molecular weight is 289 g/mol. The van der Waals surface area contributed by atoms with E-state index in [1.807, 2.05) is 13.8 Å². The molecule has 1 heterocycles. The first-order chi connectivity index (χ1) is 8.79. The second kappa shape index (κ2) is 6.84. The van der Waals surface area contributed by atoms with Crippen molar-refractivity contribution in [2.75, 3.05) is 24.6 Å². The molecule has 5 heteroatoms. The van der Waals surface area contributed by atoms with Gasteiger partial charge in [-0.25, -0.2) is 8.42 Å². The molecule has 1 aliphatic rings. The van der Waals surface area contributed by atoms with E-state index in [0.29, 0.717) is 18.8 Å². The molecule has 1 rings (SSSR count). The molecule has 1 atom stereocenters. The lowest BCUT2D eigenvalue weighted by molar-refractivity contribution is -0.130. The van der Waals surface area contributed by atoms with Crippen molar-refractivity contribution in [3.8, 4) is 0 Å². The molecule has 1 N–H and O–H groups in total. The zero-order valence-corrected chi connectivity index (χ0v) is 13.2. The normalized spacial score (nSPS) is 21.3. The molecule has 1 unspecified atom stereocenters. The summed E-state index contributed by atoms with van der Waals surface area (Å²) in [4.78, 5) is 12.3. The zero-order valence-electron chi connectivity index (χ0n) is 12.4. The number of hydrogen-bond donors (Lipinski definition) is 1. The predicted octanol–water partition coefficient (Wildman–Crippen LogP) is 1.80. The molecule has 0 bridgehead atoms. The smallest absolute Gasteiger partial charge is 0.150 e. The maximum atomic E-state index is 12.3. The lowest BCUT2D eigenvalue weighted by Crippen LogP contribution is -2.42. The minimum Gasteiger partial charge on any atom is -0.316 e. The van der Waals surface area contributed by atoms with Crippen molar-refractivity contribution in [1.29, 1.82) is 0 Å². The Morgan fingerprint density at radius 2 is 2.05 bits per heavy atom. The Labute approximate surface area is 117 Å². The van der Waals surface area contributed by atoms with Crippen molar-refractivity contribution in [2.45, 2.75) is 46.5 Å². The molecule has 112 valence electrons. The molecule has 0 spiro atoms. The van der Waals surface area contributed by atoms with Crippen LogP contribution in [0.1, 0.15) is 46.5 Å². The molecule has 0 radical (unpaired) electrons.